The average Bonchev–Trinajstić information content (AvgIpc) is 2.45. The Bertz CT molecular complexity index is 667. The van der Waals surface area contributed by atoms with Crippen LogP contribution in [0.3, 0.4) is 0 Å². The van der Waals surface area contributed by atoms with E-state index < -0.39 is 5.66 Å². The molecule has 0 spiro atoms. The average molecular weight is 333 g/mol. The van der Waals surface area contributed by atoms with E-state index >= 15 is 0 Å². The monoisotopic (exact) mass is 333 g/mol. The highest BCUT2D eigenvalue weighted by Crippen LogP contribution is 2.23. The molecule has 7 nitrogen and oxygen atoms in total. The topological polar surface area (TPSA) is 98.5 Å². The number of hydrogen-bond acceptors (Lipinski definition) is 7. The maximum absolute atomic E-state index is 5.86. The van der Waals surface area contributed by atoms with Gasteiger partial charge in [0.15, 0.2) is 5.66 Å². The van der Waals surface area contributed by atoms with Gasteiger partial charge in [-0.3, -0.25) is 4.84 Å². The molecule has 1 aromatic carbocycles. The quantitative estimate of drug-likeness (QED) is 0.776. The van der Waals surface area contributed by atoms with E-state index in [1.54, 1.807) is 0 Å². The fourth-order valence-corrected chi connectivity index (χ4v) is 2.50. The van der Waals surface area contributed by atoms with Crippen molar-refractivity contribution in [3.8, 4) is 5.75 Å². The third-order valence-electron chi connectivity index (χ3n) is 3.88. The Labute approximate surface area is 143 Å². The Morgan fingerprint density at radius 2 is 1.71 bits per heavy atom. The lowest BCUT2D eigenvalue weighted by Gasteiger charge is -2.36. The minimum atomic E-state index is -0.679. The van der Waals surface area contributed by atoms with Crippen LogP contribution in [0.4, 0.5) is 0 Å². The molecule has 0 atom stereocenters. The van der Waals surface area contributed by atoms with E-state index in [2.05, 4.69) is 36.0 Å². The molecule has 1 aliphatic rings. The number of benzene rings is 1. The molecule has 0 saturated carbocycles. The summed E-state index contributed by atoms with van der Waals surface area (Å²) in [5, 5.41) is 1.48. The van der Waals surface area contributed by atoms with E-state index in [1.807, 2.05) is 20.8 Å². The van der Waals surface area contributed by atoms with Gasteiger partial charge < -0.3 is 16.2 Å². The van der Waals surface area contributed by atoms with Crippen molar-refractivity contribution < 1.29 is 9.57 Å². The molecule has 0 fully saturated rings. The van der Waals surface area contributed by atoms with Crippen LogP contribution in [-0.4, -0.2) is 35.9 Å². The zero-order chi connectivity index (χ0) is 17.9. The van der Waals surface area contributed by atoms with Crippen LogP contribution in [0, 0.1) is 20.8 Å². The minimum Gasteiger partial charge on any atom is -0.493 e. The second-order valence-corrected chi connectivity index (χ2v) is 6.47. The zero-order valence-corrected chi connectivity index (χ0v) is 15.1. The molecule has 2 rings (SSSR count). The van der Waals surface area contributed by atoms with Gasteiger partial charge in [0.1, 0.15) is 5.75 Å². The van der Waals surface area contributed by atoms with E-state index in [0.717, 1.165) is 11.3 Å². The number of guanidine groups is 2. The molecule has 0 radical (unpaired) electrons. The summed E-state index contributed by atoms with van der Waals surface area (Å²) >= 11 is 0. The van der Waals surface area contributed by atoms with Gasteiger partial charge in [-0.1, -0.05) is 6.07 Å². The zero-order valence-electron chi connectivity index (χ0n) is 15.1. The van der Waals surface area contributed by atoms with Gasteiger partial charge in [-0.2, -0.15) is 10.1 Å². The Hall–Kier alpha value is -2.28. The number of hydroxylamine groups is 2. The third-order valence-corrected chi connectivity index (χ3v) is 3.88. The second kappa shape index (κ2) is 7.09. The Balaban J connectivity index is 1.82. The molecule has 0 aliphatic carbocycles. The number of ether oxygens (including phenoxy) is 1. The molecule has 0 bridgehead atoms. The lowest BCUT2D eigenvalue weighted by atomic mass is 10.1. The first-order valence-corrected chi connectivity index (χ1v) is 8.04. The molecule has 4 N–H and O–H groups in total. The van der Waals surface area contributed by atoms with Gasteiger partial charge in [0.2, 0.25) is 11.9 Å². The van der Waals surface area contributed by atoms with Crippen LogP contribution in [0.1, 0.15) is 37.0 Å². The fourth-order valence-electron chi connectivity index (χ4n) is 2.50. The van der Waals surface area contributed by atoms with Crippen LogP contribution in [0.5, 0.6) is 5.75 Å². The highest BCUT2D eigenvalue weighted by molar-refractivity contribution is 5.95. The predicted octanol–water partition coefficient (Wildman–Crippen LogP) is 1.99. The number of hydrogen-bond donors (Lipinski definition) is 2. The second-order valence-electron chi connectivity index (χ2n) is 6.47. The Kier molecular flexibility index (Phi) is 5.33. The molecular weight excluding hydrogens is 306 g/mol. The predicted molar refractivity (Wildman–Crippen MR) is 95.9 cm³/mol. The number of aryl methyl sites for hydroxylation is 3. The van der Waals surface area contributed by atoms with Gasteiger partial charge in [0.05, 0.1) is 13.2 Å². The van der Waals surface area contributed by atoms with Crippen molar-refractivity contribution >= 4 is 11.9 Å². The van der Waals surface area contributed by atoms with E-state index in [1.165, 1.54) is 16.2 Å². The molecule has 0 amide bonds. The number of rotatable bonds is 6. The smallest absolute Gasteiger partial charge is 0.226 e. The van der Waals surface area contributed by atoms with Gasteiger partial charge in [-0.25, -0.2) is 4.99 Å². The lowest BCUT2D eigenvalue weighted by Crippen LogP contribution is -2.53. The van der Waals surface area contributed by atoms with Gasteiger partial charge in [-0.15, -0.1) is 0 Å². The maximum Gasteiger partial charge on any atom is 0.226 e. The normalized spacial score (nSPS) is 16.6. The Morgan fingerprint density at radius 3 is 2.38 bits per heavy atom. The molecular formula is C17H27N5O2. The van der Waals surface area contributed by atoms with Crippen LogP contribution >= 0.6 is 0 Å². The number of nitrogens with zero attached hydrogens (tertiary/aromatic N) is 3. The van der Waals surface area contributed by atoms with Gasteiger partial charge in [0.25, 0.3) is 0 Å². The SMILES string of the molecule is Cc1cc(C)c(OCCCON2C(N)=NC(N)=NC2(C)C)cc1C. The lowest BCUT2D eigenvalue weighted by molar-refractivity contribution is -0.158. The summed E-state index contributed by atoms with van der Waals surface area (Å²) in [5.74, 6) is 1.28. The summed E-state index contributed by atoms with van der Waals surface area (Å²) in [7, 11) is 0. The molecule has 7 heteroatoms. The van der Waals surface area contributed by atoms with Crippen LogP contribution in [0.15, 0.2) is 22.1 Å². The van der Waals surface area contributed by atoms with E-state index in [-0.39, 0.29) is 11.9 Å². The summed E-state index contributed by atoms with van der Waals surface area (Å²) in [5.41, 5.74) is 14.4. The molecule has 0 saturated heterocycles. The summed E-state index contributed by atoms with van der Waals surface area (Å²) in [6, 6.07) is 4.21. The first kappa shape index (κ1) is 18.1. The fraction of sp³-hybridized carbons (Fsp3) is 0.529. The van der Waals surface area contributed by atoms with Crippen molar-refractivity contribution in [1.29, 1.82) is 0 Å². The summed E-state index contributed by atoms with van der Waals surface area (Å²) in [6.07, 6.45) is 0.714. The molecule has 0 unspecified atom stereocenters. The standard InChI is InChI=1S/C17H27N5O2/c1-11-9-13(3)14(10-12(11)2)23-7-6-8-24-22-16(19)20-15(18)21-17(22,4)5/h9-10H,6-8H2,1-5H3,(H4,18,19,20,21). The van der Waals surface area contributed by atoms with Crippen LogP contribution < -0.4 is 16.2 Å². The van der Waals surface area contributed by atoms with Crippen LogP contribution in [-0.2, 0) is 4.84 Å². The molecule has 132 valence electrons. The maximum atomic E-state index is 5.86. The number of nitrogens with two attached hydrogens (primary N) is 2. The molecule has 1 aliphatic heterocycles. The molecule has 1 aromatic rings. The Morgan fingerprint density at radius 1 is 1.04 bits per heavy atom. The van der Waals surface area contributed by atoms with Crippen molar-refractivity contribution in [1.82, 2.24) is 5.06 Å². The highest BCUT2D eigenvalue weighted by Gasteiger charge is 2.32. The molecule has 1 heterocycles. The first-order valence-electron chi connectivity index (χ1n) is 8.04. The van der Waals surface area contributed by atoms with Crippen LogP contribution in [0.25, 0.3) is 0 Å². The van der Waals surface area contributed by atoms with Gasteiger partial charge >= 0.3 is 0 Å². The van der Waals surface area contributed by atoms with E-state index in [0.29, 0.717) is 19.6 Å². The largest absolute Gasteiger partial charge is 0.493 e. The number of aliphatic imine (C=N–C) groups is 2. The van der Waals surface area contributed by atoms with E-state index in [4.69, 9.17) is 21.0 Å². The first-order chi connectivity index (χ1) is 11.2. The van der Waals surface area contributed by atoms with Crippen molar-refractivity contribution in [2.45, 2.75) is 46.7 Å². The van der Waals surface area contributed by atoms with Crippen LogP contribution in [0.2, 0.25) is 0 Å². The van der Waals surface area contributed by atoms with Crippen molar-refractivity contribution in [3.05, 3.63) is 28.8 Å². The van der Waals surface area contributed by atoms with Gasteiger partial charge in [-0.05, 0) is 57.4 Å². The summed E-state index contributed by atoms with van der Waals surface area (Å²) in [4.78, 5) is 13.9. The summed E-state index contributed by atoms with van der Waals surface area (Å²) < 4.78 is 5.85. The van der Waals surface area contributed by atoms with Gasteiger partial charge in [0, 0.05) is 6.42 Å². The molecule has 24 heavy (non-hydrogen) atoms. The van der Waals surface area contributed by atoms with E-state index in [9.17, 15) is 0 Å². The van der Waals surface area contributed by atoms with Crippen molar-refractivity contribution in [2.75, 3.05) is 13.2 Å². The van der Waals surface area contributed by atoms with Crippen molar-refractivity contribution in [2.24, 2.45) is 21.5 Å². The highest BCUT2D eigenvalue weighted by atomic mass is 16.7. The summed E-state index contributed by atoms with van der Waals surface area (Å²) in [6.45, 7) is 10.9. The minimum absolute atomic E-state index is 0.158. The molecule has 0 aromatic heterocycles. The van der Waals surface area contributed by atoms with Crippen molar-refractivity contribution in [3.63, 3.8) is 0 Å². The third kappa shape index (κ3) is 4.17.